The zero-order valence-electron chi connectivity index (χ0n) is 11.2. The van der Waals surface area contributed by atoms with E-state index >= 15 is 0 Å². The van der Waals surface area contributed by atoms with Gasteiger partial charge in [-0.05, 0) is 61.1 Å². The van der Waals surface area contributed by atoms with Crippen molar-refractivity contribution in [3.05, 3.63) is 54.2 Å². The molecule has 1 heteroatoms. The molecule has 4 rings (SSSR count). The normalized spacial score (nSPS) is 28.7. The van der Waals surface area contributed by atoms with Crippen LogP contribution in [0.5, 0.6) is 0 Å². The number of hydrogen-bond acceptors (Lipinski definition) is 1. The van der Waals surface area contributed by atoms with Crippen LogP contribution in [-0.4, -0.2) is 4.98 Å². The molecule has 2 aliphatic rings. The lowest BCUT2D eigenvalue weighted by Gasteiger charge is -2.27. The smallest absolute Gasteiger partial charge is 0.0704 e. The Morgan fingerprint density at radius 1 is 1.00 bits per heavy atom. The molecule has 1 heterocycles. The van der Waals surface area contributed by atoms with Crippen molar-refractivity contribution in [1.82, 2.24) is 4.98 Å². The lowest BCUT2D eigenvalue weighted by Crippen LogP contribution is -2.19. The van der Waals surface area contributed by atoms with Crippen LogP contribution >= 0.6 is 0 Å². The first-order valence-corrected chi connectivity index (χ1v) is 7.38. The second-order valence-corrected chi connectivity index (χ2v) is 6.22. The highest BCUT2D eigenvalue weighted by atomic mass is 14.7. The summed E-state index contributed by atoms with van der Waals surface area (Å²) in [6.07, 6.45) is 9.04. The molecule has 0 aliphatic heterocycles. The summed E-state index contributed by atoms with van der Waals surface area (Å²) in [5.41, 5.74) is 4.37. The zero-order valence-corrected chi connectivity index (χ0v) is 11.2. The molecule has 0 saturated heterocycles. The van der Waals surface area contributed by atoms with E-state index in [0.717, 1.165) is 11.6 Å². The van der Waals surface area contributed by atoms with Crippen molar-refractivity contribution in [3.63, 3.8) is 0 Å². The molecule has 0 spiro atoms. The van der Waals surface area contributed by atoms with E-state index in [1.807, 2.05) is 6.20 Å². The third kappa shape index (κ3) is 1.80. The lowest BCUT2D eigenvalue weighted by molar-refractivity contribution is 0.419. The van der Waals surface area contributed by atoms with Gasteiger partial charge in [-0.25, -0.2) is 0 Å². The second-order valence-electron chi connectivity index (χ2n) is 6.22. The maximum Gasteiger partial charge on any atom is 0.0704 e. The minimum absolute atomic E-state index is 0.483. The lowest BCUT2D eigenvalue weighted by atomic mass is 9.78. The van der Waals surface area contributed by atoms with Gasteiger partial charge in [0.05, 0.1) is 5.69 Å². The van der Waals surface area contributed by atoms with Crippen LogP contribution in [0.1, 0.15) is 37.7 Å². The Balaban J connectivity index is 1.75. The fourth-order valence-corrected chi connectivity index (χ4v) is 4.12. The average molecular weight is 249 g/mol. The van der Waals surface area contributed by atoms with Gasteiger partial charge in [0.1, 0.15) is 0 Å². The summed E-state index contributed by atoms with van der Waals surface area (Å²) in [5.74, 6) is 0.994. The molecule has 19 heavy (non-hydrogen) atoms. The number of hydrogen-bond donors (Lipinski definition) is 0. The first-order valence-electron chi connectivity index (χ1n) is 7.38. The van der Waals surface area contributed by atoms with Crippen LogP contribution in [0.4, 0.5) is 0 Å². The molecule has 0 unspecified atom stereocenters. The number of fused-ring (bicyclic) bond motifs is 2. The van der Waals surface area contributed by atoms with Crippen molar-refractivity contribution in [3.8, 4) is 11.3 Å². The van der Waals surface area contributed by atoms with Gasteiger partial charge < -0.3 is 0 Å². The third-order valence-electron chi connectivity index (χ3n) is 5.18. The summed E-state index contributed by atoms with van der Waals surface area (Å²) in [6.45, 7) is 0. The van der Waals surface area contributed by atoms with Gasteiger partial charge in [-0.15, -0.1) is 0 Å². The molecule has 2 bridgehead atoms. The predicted octanol–water partition coefficient (Wildman–Crippen LogP) is 4.58. The van der Waals surface area contributed by atoms with E-state index in [4.69, 9.17) is 0 Å². The fourth-order valence-electron chi connectivity index (χ4n) is 4.12. The standard InChI is InChI=1S/C18H19N/c1-2-4-15(5-3-1)17-12-16(8-11-19-17)18-9-6-14(13-18)7-10-18/h1-5,8,11-12,14H,6-7,9-10,13H2. The molecule has 96 valence electrons. The minimum atomic E-state index is 0.483. The topological polar surface area (TPSA) is 12.9 Å². The van der Waals surface area contributed by atoms with E-state index in [0.29, 0.717) is 5.41 Å². The number of benzene rings is 1. The van der Waals surface area contributed by atoms with Crippen molar-refractivity contribution >= 4 is 0 Å². The van der Waals surface area contributed by atoms with Crippen molar-refractivity contribution < 1.29 is 0 Å². The number of pyridine rings is 1. The number of rotatable bonds is 2. The van der Waals surface area contributed by atoms with E-state index in [1.165, 1.54) is 43.2 Å². The Labute approximate surface area is 114 Å². The van der Waals surface area contributed by atoms with E-state index in [2.05, 4.69) is 47.4 Å². The monoisotopic (exact) mass is 249 g/mol. The third-order valence-corrected chi connectivity index (χ3v) is 5.18. The van der Waals surface area contributed by atoms with Gasteiger partial charge in [0.15, 0.2) is 0 Å². The Hall–Kier alpha value is -1.63. The zero-order chi connectivity index (χ0) is 12.7. The van der Waals surface area contributed by atoms with Crippen LogP contribution in [-0.2, 0) is 5.41 Å². The highest BCUT2D eigenvalue weighted by molar-refractivity contribution is 5.60. The molecular formula is C18H19N. The quantitative estimate of drug-likeness (QED) is 0.759. The molecule has 0 radical (unpaired) electrons. The Morgan fingerprint density at radius 3 is 2.47 bits per heavy atom. The van der Waals surface area contributed by atoms with E-state index in [1.54, 1.807) is 0 Å². The van der Waals surface area contributed by atoms with Gasteiger partial charge in [-0.1, -0.05) is 30.3 Å². The Morgan fingerprint density at radius 2 is 1.79 bits per heavy atom. The molecule has 2 aromatic rings. The molecule has 2 fully saturated rings. The predicted molar refractivity (Wildman–Crippen MR) is 77.9 cm³/mol. The van der Waals surface area contributed by atoms with Crippen molar-refractivity contribution in [2.24, 2.45) is 5.92 Å². The van der Waals surface area contributed by atoms with Crippen LogP contribution < -0.4 is 0 Å². The summed E-state index contributed by atoms with van der Waals surface area (Å²) in [6, 6.07) is 15.1. The summed E-state index contributed by atoms with van der Waals surface area (Å²) in [4.78, 5) is 4.56. The van der Waals surface area contributed by atoms with E-state index in [9.17, 15) is 0 Å². The molecule has 0 atom stereocenters. The molecule has 1 aromatic heterocycles. The summed E-state index contributed by atoms with van der Waals surface area (Å²) in [5, 5.41) is 0. The molecular weight excluding hydrogens is 230 g/mol. The molecule has 0 amide bonds. The highest BCUT2D eigenvalue weighted by Gasteiger charge is 2.45. The van der Waals surface area contributed by atoms with Crippen LogP contribution in [0.25, 0.3) is 11.3 Å². The van der Waals surface area contributed by atoms with Gasteiger partial charge in [-0.3, -0.25) is 4.98 Å². The van der Waals surface area contributed by atoms with Crippen LogP contribution in [0, 0.1) is 5.92 Å². The van der Waals surface area contributed by atoms with Crippen molar-refractivity contribution in [2.75, 3.05) is 0 Å². The van der Waals surface area contributed by atoms with Gasteiger partial charge in [0.25, 0.3) is 0 Å². The number of aromatic nitrogens is 1. The molecule has 0 N–H and O–H groups in total. The minimum Gasteiger partial charge on any atom is -0.256 e. The van der Waals surface area contributed by atoms with Crippen LogP contribution in [0.3, 0.4) is 0 Å². The maximum atomic E-state index is 4.56. The van der Waals surface area contributed by atoms with Crippen LogP contribution in [0.2, 0.25) is 0 Å². The first-order chi connectivity index (χ1) is 9.36. The Bertz CT molecular complexity index is 580. The highest BCUT2D eigenvalue weighted by Crippen LogP contribution is 2.55. The molecule has 1 nitrogen and oxygen atoms in total. The molecule has 2 saturated carbocycles. The van der Waals surface area contributed by atoms with Crippen molar-refractivity contribution in [1.29, 1.82) is 0 Å². The fraction of sp³-hybridized carbons (Fsp3) is 0.389. The average Bonchev–Trinajstić information content (AvgIpc) is 3.10. The van der Waals surface area contributed by atoms with Gasteiger partial charge in [-0.2, -0.15) is 0 Å². The van der Waals surface area contributed by atoms with Gasteiger partial charge >= 0.3 is 0 Å². The first kappa shape index (κ1) is 11.2. The molecule has 2 aliphatic carbocycles. The summed E-state index contributed by atoms with van der Waals surface area (Å²) < 4.78 is 0. The van der Waals surface area contributed by atoms with Crippen molar-refractivity contribution in [2.45, 2.75) is 37.5 Å². The van der Waals surface area contributed by atoms with Gasteiger partial charge in [0.2, 0.25) is 0 Å². The van der Waals surface area contributed by atoms with E-state index < -0.39 is 0 Å². The van der Waals surface area contributed by atoms with Crippen LogP contribution in [0.15, 0.2) is 48.7 Å². The van der Waals surface area contributed by atoms with E-state index in [-0.39, 0.29) is 0 Å². The number of nitrogens with zero attached hydrogens (tertiary/aromatic N) is 1. The largest absolute Gasteiger partial charge is 0.256 e. The second kappa shape index (κ2) is 4.19. The molecule has 1 aromatic carbocycles. The van der Waals surface area contributed by atoms with Gasteiger partial charge in [0, 0.05) is 11.8 Å². The SMILES string of the molecule is c1ccc(-c2cc(C34CCC(CC3)C4)ccn2)cc1. The summed E-state index contributed by atoms with van der Waals surface area (Å²) in [7, 11) is 0. The summed E-state index contributed by atoms with van der Waals surface area (Å²) >= 11 is 0. The maximum absolute atomic E-state index is 4.56. The Kier molecular flexibility index (Phi) is 2.48.